The fourth-order valence-electron chi connectivity index (χ4n) is 1.83. The number of thiophene rings is 1. The SMILES string of the molecule is O=C(CCCc1cccs1)Oc1ccccc1C(F)(F)F. The number of alkyl halides is 3. The van der Waals surface area contributed by atoms with Crippen LogP contribution in [-0.4, -0.2) is 5.97 Å². The van der Waals surface area contributed by atoms with Gasteiger partial charge in [0.25, 0.3) is 0 Å². The molecule has 0 saturated heterocycles. The van der Waals surface area contributed by atoms with Crippen LogP contribution in [-0.2, 0) is 17.4 Å². The first-order valence-electron chi connectivity index (χ1n) is 6.36. The van der Waals surface area contributed by atoms with E-state index in [-0.39, 0.29) is 6.42 Å². The first-order chi connectivity index (χ1) is 9.97. The maximum atomic E-state index is 12.7. The lowest BCUT2D eigenvalue weighted by Gasteiger charge is -2.12. The first kappa shape index (κ1) is 15.6. The molecule has 0 unspecified atom stereocenters. The Bertz CT molecular complexity index is 591. The van der Waals surface area contributed by atoms with E-state index < -0.39 is 23.5 Å². The van der Waals surface area contributed by atoms with Gasteiger partial charge in [0, 0.05) is 11.3 Å². The molecule has 0 amide bonds. The standard InChI is InChI=1S/C15H13F3O2S/c16-15(17,18)12-7-1-2-8-13(12)20-14(19)9-3-5-11-6-4-10-21-11/h1-2,4,6-8,10H,3,5,9H2. The Balaban J connectivity index is 1.91. The van der Waals surface area contributed by atoms with Gasteiger partial charge in [-0.3, -0.25) is 4.79 Å². The summed E-state index contributed by atoms with van der Waals surface area (Å²) >= 11 is 1.58. The van der Waals surface area contributed by atoms with Gasteiger partial charge in [0.2, 0.25) is 0 Å². The molecule has 0 spiro atoms. The van der Waals surface area contributed by atoms with Crippen molar-refractivity contribution in [1.82, 2.24) is 0 Å². The molecule has 112 valence electrons. The van der Waals surface area contributed by atoms with E-state index in [0.29, 0.717) is 12.8 Å². The summed E-state index contributed by atoms with van der Waals surface area (Å²) in [6.07, 6.45) is -3.18. The van der Waals surface area contributed by atoms with Gasteiger partial charge >= 0.3 is 12.1 Å². The minimum atomic E-state index is -4.53. The lowest BCUT2D eigenvalue weighted by Crippen LogP contribution is -2.13. The van der Waals surface area contributed by atoms with Crippen LogP contribution in [0.5, 0.6) is 5.75 Å². The number of carbonyl (C=O) groups excluding carboxylic acids is 1. The highest BCUT2D eigenvalue weighted by molar-refractivity contribution is 7.09. The van der Waals surface area contributed by atoms with Crippen molar-refractivity contribution in [3.8, 4) is 5.75 Å². The van der Waals surface area contributed by atoms with Gasteiger partial charge in [0.15, 0.2) is 0 Å². The lowest BCUT2D eigenvalue weighted by molar-refractivity contribution is -0.142. The molecule has 0 aliphatic heterocycles. The highest BCUT2D eigenvalue weighted by Gasteiger charge is 2.34. The number of halogens is 3. The molecule has 6 heteroatoms. The number of para-hydroxylation sites is 1. The van der Waals surface area contributed by atoms with E-state index in [1.807, 2.05) is 17.5 Å². The van der Waals surface area contributed by atoms with E-state index in [0.717, 1.165) is 17.0 Å². The van der Waals surface area contributed by atoms with Crippen molar-refractivity contribution >= 4 is 17.3 Å². The fraction of sp³-hybridized carbons (Fsp3) is 0.267. The van der Waals surface area contributed by atoms with E-state index in [9.17, 15) is 18.0 Å². The van der Waals surface area contributed by atoms with Gasteiger partial charge in [-0.1, -0.05) is 18.2 Å². The number of rotatable bonds is 5. The second kappa shape index (κ2) is 6.76. The fourth-order valence-corrected chi connectivity index (χ4v) is 2.58. The molecule has 0 saturated carbocycles. The topological polar surface area (TPSA) is 26.3 Å². The molecule has 0 aliphatic carbocycles. The molecule has 2 rings (SSSR count). The molecule has 0 atom stereocenters. The smallest absolute Gasteiger partial charge is 0.419 e. The summed E-state index contributed by atoms with van der Waals surface area (Å²) in [5, 5.41) is 1.94. The summed E-state index contributed by atoms with van der Waals surface area (Å²) < 4.78 is 43.1. The van der Waals surface area contributed by atoms with Crippen LogP contribution in [0.15, 0.2) is 41.8 Å². The van der Waals surface area contributed by atoms with E-state index in [2.05, 4.69) is 0 Å². The number of carbonyl (C=O) groups is 1. The van der Waals surface area contributed by atoms with E-state index >= 15 is 0 Å². The summed E-state index contributed by atoms with van der Waals surface area (Å²) in [6, 6.07) is 8.58. The minimum absolute atomic E-state index is 0.0874. The molecule has 2 aromatic rings. The summed E-state index contributed by atoms with van der Waals surface area (Å²) in [5.74, 6) is -1.09. The molecule has 1 aromatic carbocycles. The van der Waals surface area contributed by atoms with E-state index in [4.69, 9.17) is 4.74 Å². The van der Waals surface area contributed by atoms with Crippen molar-refractivity contribution < 1.29 is 22.7 Å². The highest BCUT2D eigenvalue weighted by Crippen LogP contribution is 2.36. The van der Waals surface area contributed by atoms with Crippen molar-refractivity contribution in [3.63, 3.8) is 0 Å². The number of aryl methyl sites for hydroxylation is 1. The third-order valence-corrected chi connectivity index (χ3v) is 3.74. The second-order valence-corrected chi connectivity index (χ2v) is 5.43. The van der Waals surface area contributed by atoms with Gasteiger partial charge < -0.3 is 4.74 Å². The molecule has 1 heterocycles. The molecule has 21 heavy (non-hydrogen) atoms. The van der Waals surface area contributed by atoms with Gasteiger partial charge in [0.05, 0.1) is 5.56 Å². The predicted octanol–water partition coefficient (Wildman–Crippen LogP) is 4.70. The molecule has 0 aliphatic rings. The molecular formula is C15H13F3O2S. The number of benzene rings is 1. The Morgan fingerprint density at radius 1 is 1.14 bits per heavy atom. The Morgan fingerprint density at radius 2 is 1.90 bits per heavy atom. The van der Waals surface area contributed by atoms with Crippen molar-refractivity contribution in [2.75, 3.05) is 0 Å². The van der Waals surface area contributed by atoms with Crippen LogP contribution in [0.2, 0.25) is 0 Å². The van der Waals surface area contributed by atoms with E-state index in [1.165, 1.54) is 12.1 Å². The zero-order valence-electron chi connectivity index (χ0n) is 11.0. The average Bonchev–Trinajstić information content (AvgIpc) is 2.91. The summed E-state index contributed by atoms with van der Waals surface area (Å²) in [7, 11) is 0. The number of esters is 1. The van der Waals surface area contributed by atoms with Gasteiger partial charge in [-0.25, -0.2) is 0 Å². The molecular weight excluding hydrogens is 301 g/mol. The normalized spacial score (nSPS) is 11.4. The lowest BCUT2D eigenvalue weighted by atomic mass is 10.2. The quantitative estimate of drug-likeness (QED) is 0.591. The van der Waals surface area contributed by atoms with Gasteiger partial charge in [-0.2, -0.15) is 13.2 Å². The number of ether oxygens (including phenoxy) is 1. The molecule has 0 bridgehead atoms. The zero-order chi connectivity index (χ0) is 15.3. The van der Waals surface area contributed by atoms with Crippen LogP contribution in [0.25, 0.3) is 0 Å². The third kappa shape index (κ3) is 4.60. The predicted molar refractivity (Wildman–Crippen MR) is 74.3 cm³/mol. The number of hydrogen-bond donors (Lipinski definition) is 0. The Kier molecular flexibility index (Phi) is 5.01. The minimum Gasteiger partial charge on any atom is -0.426 e. The maximum absolute atomic E-state index is 12.7. The van der Waals surface area contributed by atoms with Crippen LogP contribution < -0.4 is 4.74 Å². The first-order valence-corrected chi connectivity index (χ1v) is 7.24. The van der Waals surface area contributed by atoms with Gasteiger partial charge in [-0.15, -0.1) is 11.3 Å². The molecule has 0 N–H and O–H groups in total. The Morgan fingerprint density at radius 3 is 2.57 bits per heavy atom. The summed E-state index contributed by atoms with van der Waals surface area (Å²) in [5.41, 5.74) is -0.934. The molecule has 1 aromatic heterocycles. The molecule has 0 fully saturated rings. The highest BCUT2D eigenvalue weighted by atomic mass is 32.1. The van der Waals surface area contributed by atoms with Crippen molar-refractivity contribution in [2.24, 2.45) is 0 Å². The summed E-state index contributed by atoms with van der Waals surface area (Å²) in [6.45, 7) is 0. The van der Waals surface area contributed by atoms with Crippen LogP contribution >= 0.6 is 11.3 Å². The molecule has 0 radical (unpaired) electrons. The Hall–Kier alpha value is -1.82. The largest absolute Gasteiger partial charge is 0.426 e. The number of hydrogen-bond acceptors (Lipinski definition) is 3. The van der Waals surface area contributed by atoms with Gasteiger partial charge in [-0.05, 0) is 36.4 Å². The van der Waals surface area contributed by atoms with Crippen molar-refractivity contribution in [2.45, 2.75) is 25.4 Å². The molecule has 2 nitrogen and oxygen atoms in total. The van der Waals surface area contributed by atoms with Crippen molar-refractivity contribution in [3.05, 3.63) is 52.2 Å². The Labute approximate surface area is 124 Å². The monoisotopic (exact) mass is 314 g/mol. The third-order valence-electron chi connectivity index (χ3n) is 2.80. The zero-order valence-corrected chi connectivity index (χ0v) is 11.8. The van der Waals surface area contributed by atoms with Crippen LogP contribution in [0.4, 0.5) is 13.2 Å². The van der Waals surface area contributed by atoms with E-state index in [1.54, 1.807) is 11.3 Å². The van der Waals surface area contributed by atoms with Crippen molar-refractivity contribution in [1.29, 1.82) is 0 Å². The van der Waals surface area contributed by atoms with Crippen LogP contribution in [0, 0.1) is 0 Å². The van der Waals surface area contributed by atoms with Crippen LogP contribution in [0.3, 0.4) is 0 Å². The average molecular weight is 314 g/mol. The van der Waals surface area contributed by atoms with Gasteiger partial charge in [0.1, 0.15) is 5.75 Å². The maximum Gasteiger partial charge on any atom is 0.419 e. The summed E-state index contributed by atoms with van der Waals surface area (Å²) in [4.78, 5) is 12.8. The second-order valence-electron chi connectivity index (χ2n) is 4.40. The van der Waals surface area contributed by atoms with Crippen LogP contribution in [0.1, 0.15) is 23.3 Å².